The molecule has 98 valence electrons. The van der Waals surface area contributed by atoms with Crippen molar-refractivity contribution in [2.24, 2.45) is 0 Å². The molecule has 2 nitrogen and oxygen atoms in total. The zero-order valence-electron chi connectivity index (χ0n) is 11.2. The van der Waals surface area contributed by atoms with Crippen molar-refractivity contribution in [3.05, 3.63) is 65.2 Å². The van der Waals surface area contributed by atoms with Gasteiger partial charge in [-0.05, 0) is 42.5 Å². The molecule has 3 rings (SSSR count). The zero-order valence-corrected chi connectivity index (χ0v) is 11.2. The van der Waals surface area contributed by atoms with Crippen molar-refractivity contribution < 1.29 is 5.11 Å². The number of anilines is 1. The lowest BCUT2D eigenvalue weighted by Crippen LogP contribution is -2.43. The molecule has 0 bridgehead atoms. The van der Waals surface area contributed by atoms with Crippen molar-refractivity contribution in [2.45, 2.75) is 25.3 Å². The maximum atomic E-state index is 9.88. The van der Waals surface area contributed by atoms with Crippen LogP contribution in [-0.2, 0) is 12.8 Å². The van der Waals surface area contributed by atoms with E-state index in [0.29, 0.717) is 0 Å². The topological polar surface area (TPSA) is 32.3 Å². The Labute approximate surface area is 114 Å². The number of benzene rings is 2. The van der Waals surface area contributed by atoms with Gasteiger partial charge in [0.15, 0.2) is 0 Å². The normalized spacial score (nSPS) is 16.1. The van der Waals surface area contributed by atoms with E-state index in [4.69, 9.17) is 0 Å². The van der Waals surface area contributed by atoms with Crippen molar-refractivity contribution in [1.82, 2.24) is 0 Å². The quantitative estimate of drug-likeness (QED) is 0.881. The SMILES string of the molecule is Cc1ccccc1NC1(CO)Cc2ccccc2C1. The second kappa shape index (κ2) is 4.71. The summed E-state index contributed by atoms with van der Waals surface area (Å²) in [4.78, 5) is 0. The van der Waals surface area contributed by atoms with Gasteiger partial charge in [0.05, 0.1) is 12.1 Å². The Kier molecular flexibility index (Phi) is 3.03. The number of hydrogen-bond donors (Lipinski definition) is 2. The Morgan fingerprint density at radius 1 is 1.00 bits per heavy atom. The number of fused-ring (bicyclic) bond motifs is 1. The highest BCUT2D eigenvalue weighted by molar-refractivity contribution is 5.54. The largest absolute Gasteiger partial charge is 0.394 e. The fraction of sp³-hybridized carbons (Fsp3) is 0.294. The van der Waals surface area contributed by atoms with Crippen LogP contribution in [0.1, 0.15) is 16.7 Å². The summed E-state index contributed by atoms with van der Waals surface area (Å²) < 4.78 is 0. The van der Waals surface area contributed by atoms with Crippen LogP contribution in [0.15, 0.2) is 48.5 Å². The van der Waals surface area contributed by atoms with Crippen LogP contribution in [0.2, 0.25) is 0 Å². The first kappa shape index (κ1) is 12.2. The lowest BCUT2D eigenvalue weighted by molar-refractivity contribution is 0.216. The second-order valence-corrected chi connectivity index (χ2v) is 5.50. The van der Waals surface area contributed by atoms with Gasteiger partial charge in [-0.25, -0.2) is 0 Å². The fourth-order valence-electron chi connectivity index (χ4n) is 2.93. The van der Waals surface area contributed by atoms with Gasteiger partial charge in [-0.3, -0.25) is 0 Å². The smallest absolute Gasteiger partial charge is 0.0684 e. The van der Waals surface area contributed by atoms with Crippen molar-refractivity contribution in [3.8, 4) is 0 Å². The number of aryl methyl sites for hydroxylation is 1. The first-order chi connectivity index (χ1) is 9.22. The molecule has 0 unspecified atom stereocenters. The summed E-state index contributed by atoms with van der Waals surface area (Å²) in [5.74, 6) is 0. The molecule has 0 radical (unpaired) electrons. The van der Waals surface area contributed by atoms with Crippen LogP contribution in [0.5, 0.6) is 0 Å². The van der Waals surface area contributed by atoms with Gasteiger partial charge in [0.25, 0.3) is 0 Å². The van der Waals surface area contributed by atoms with E-state index < -0.39 is 0 Å². The van der Waals surface area contributed by atoms with E-state index in [-0.39, 0.29) is 12.1 Å². The van der Waals surface area contributed by atoms with E-state index in [1.807, 2.05) is 12.1 Å². The van der Waals surface area contributed by atoms with Gasteiger partial charge in [0.1, 0.15) is 0 Å². The van der Waals surface area contributed by atoms with E-state index in [1.54, 1.807) is 0 Å². The lowest BCUT2D eigenvalue weighted by atomic mass is 9.95. The van der Waals surface area contributed by atoms with Crippen molar-refractivity contribution in [2.75, 3.05) is 11.9 Å². The predicted molar refractivity (Wildman–Crippen MR) is 78.5 cm³/mol. The van der Waals surface area contributed by atoms with Gasteiger partial charge in [-0.15, -0.1) is 0 Å². The van der Waals surface area contributed by atoms with E-state index in [2.05, 4.69) is 48.6 Å². The van der Waals surface area contributed by atoms with Crippen LogP contribution in [-0.4, -0.2) is 17.3 Å². The van der Waals surface area contributed by atoms with E-state index >= 15 is 0 Å². The van der Waals surface area contributed by atoms with Crippen LogP contribution in [0.25, 0.3) is 0 Å². The number of para-hydroxylation sites is 1. The highest BCUT2D eigenvalue weighted by atomic mass is 16.3. The van der Waals surface area contributed by atoms with Crippen LogP contribution >= 0.6 is 0 Å². The Morgan fingerprint density at radius 2 is 1.58 bits per heavy atom. The third-order valence-corrected chi connectivity index (χ3v) is 4.02. The monoisotopic (exact) mass is 253 g/mol. The highest BCUT2D eigenvalue weighted by Gasteiger charge is 2.36. The third kappa shape index (κ3) is 2.24. The van der Waals surface area contributed by atoms with Gasteiger partial charge in [-0.2, -0.15) is 0 Å². The van der Waals surface area contributed by atoms with Crippen LogP contribution in [0, 0.1) is 6.92 Å². The van der Waals surface area contributed by atoms with Crippen LogP contribution < -0.4 is 5.32 Å². The molecule has 2 aromatic carbocycles. The first-order valence-corrected chi connectivity index (χ1v) is 6.74. The highest BCUT2D eigenvalue weighted by Crippen LogP contribution is 2.33. The summed E-state index contributed by atoms with van der Waals surface area (Å²) in [5.41, 5.74) is 4.77. The molecule has 19 heavy (non-hydrogen) atoms. The molecule has 2 heteroatoms. The summed E-state index contributed by atoms with van der Waals surface area (Å²) in [5, 5.41) is 13.4. The molecular formula is C17H19NO. The standard InChI is InChI=1S/C17H19NO/c1-13-6-2-5-9-16(13)18-17(12-19)10-14-7-3-4-8-15(14)11-17/h2-9,18-19H,10-12H2,1H3. The Hall–Kier alpha value is -1.80. The minimum absolute atomic E-state index is 0.149. The molecule has 0 saturated heterocycles. The molecular weight excluding hydrogens is 234 g/mol. The summed E-state index contributed by atoms with van der Waals surface area (Å²) in [6, 6.07) is 16.7. The molecule has 1 aliphatic rings. The predicted octanol–water partition coefficient (Wildman–Crippen LogP) is 2.94. The van der Waals surface area contributed by atoms with Gasteiger partial charge >= 0.3 is 0 Å². The minimum Gasteiger partial charge on any atom is -0.394 e. The average Bonchev–Trinajstić information content (AvgIpc) is 2.80. The molecule has 1 aliphatic carbocycles. The molecule has 0 amide bonds. The molecule has 2 aromatic rings. The molecule has 0 atom stereocenters. The summed E-state index contributed by atoms with van der Waals surface area (Å²) in [6.07, 6.45) is 1.77. The summed E-state index contributed by atoms with van der Waals surface area (Å²) >= 11 is 0. The van der Waals surface area contributed by atoms with Crippen LogP contribution in [0.3, 0.4) is 0 Å². The number of aliphatic hydroxyl groups is 1. The number of hydrogen-bond acceptors (Lipinski definition) is 2. The third-order valence-electron chi connectivity index (χ3n) is 4.02. The lowest BCUT2D eigenvalue weighted by Gasteiger charge is -2.30. The molecule has 0 heterocycles. The van der Waals surface area contributed by atoms with Gasteiger partial charge < -0.3 is 10.4 Å². The Morgan fingerprint density at radius 3 is 2.16 bits per heavy atom. The molecule has 2 N–H and O–H groups in total. The maximum absolute atomic E-state index is 9.88. The van der Waals surface area contributed by atoms with Crippen molar-refractivity contribution in [1.29, 1.82) is 0 Å². The van der Waals surface area contributed by atoms with E-state index in [1.165, 1.54) is 16.7 Å². The number of rotatable bonds is 3. The second-order valence-electron chi connectivity index (χ2n) is 5.50. The first-order valence-electron chi connectivity index (χ1n) is 6.74. The number of aliphatic hydroxyl groups excluding tert-OH is 1. The molecule has 0 spiro atoms. The number of nitrogens with one attached hydrogen (secondary N) is 1. The molecule has 0 fully saturated rings. The maximum Gasteiger partial charge on any atom is 0.0684 e. The van der Waals surface area contributed by atoms with E-state index in [9.17, 15) is 5.11 Å². The summed E-state index contributed by atoms with van der Waals surface area (Å²) in [7, 11) is 0. The Bertz CT molecular complexity index is 566. The average molecular weight is 253 g/mol. The zero-order chi connectivity index (χ0) is 13.3. The van der Waals surface area contributed by atoms with Crippen molar-refractivity contribution >= 4 is 5.69 Å². The van der Waals surface area contributed by atoms with Crippen molar-refractivity contribution in [3.63, 3.8) is 0 Å². The molecule has 0 aromatic heterocycles. The summed E-state index contributed by atoms with van der Waals surface area (Å²) in [6.45, 7) is 2.24. The minimum atomic E-state index is -0.254. The molecule has 0 aliphatic heterocycles. The van der Waals surface area contributed by atoms with Gasteiger partial charge in [0, 0.05) is 5.69 Å². The van der Waals surface area contributed by atoms with Gasteiger partial charge in [-0.1, -0.05) is 42.5 Å². The van der Waals surface area contributed by atoms with E-state index in [0.717, 1.165) is 18.5 Å². The van der Waals surface area contributed by atoms with Gasteiger partial charge in [0.2, 0.25) is 0 Å². The fourth-order valence-corrected chi connectivity index (χ4v) is 2.93. The molecule has 0 saturated carbocycles. The van der Waals surface area contributed by atoms with Crippen LogP contribution in [0.4, 0.5) is 5.69 Å². The Balaban J connectivity index is 1.89.